The summed E-state index contributed by atoms with van der Waals surface area (Å²) < 4.78 is 25.3. The molecule has 1 N–H and O–H groups in total. The van der Waals surface area contributed by atoms with Gasteiger partial charge in [0.1, 0.15) is 0 Å². The molecule has 0 aliphatic heterocycles. The lowest BCUT2D eigenvalue weighted by Gasteiger charge is -2.12. The van der Waals surface area contributed by atoms with Gasteiger partial charge in [-0.1, -0.05) is 26.0 Å². The van der Waals surface area contributed by atoms with Gasteiger partial charge in [-0.3, -0.25) is 4.79 Å². The third-order valence-electron chi connectivity index (χ3n) is 3.72. The van der Waals surface area contributed by atoms with Gasteiger partial charge in [-0.15, -0.1) is 0 Å². The lowest BCUT2D eigenvalue weighted by Crippen LogP contribution is -2.22. The molecule has 0 bridgehead atoms. The lowest BCUT2D eigenvalue weighted by atomic mass is 10.0. The van der Waals surface area contributed by atoms with Crippen LogP contribution in [0, 0.1) is 5.92 Å². The number of benzene rings is 2. The van der Waals surface area contributed by atoms with Crippen molar-refractivity contribution in [1.29, 1.82) is 0 Å². The van der Waals surface area contributed by atoms with Crippen LogP contribution in [0.1, 0.15) is 29.8 Å². The minimum atomic E-state index is -3.49. The van der Waals surface area contributed by atoms with Crippen LogP contribution < -0.4 is 5.32 Å². The number of sulfonamides is 1. The fraction of sp³-hybridized carbons (Fsp3) is 0.316. The van der Waals surface area contributed by atoms with Crippen molar-refractivity contribution in [2.45, 2.75) is 25.2 Å². The molecule has 2 rings (SSSR count). The SMILES string of the molecule is CC(C)Cc1cccc(NC(=O)c2ccc(S(=O)(=O)N(C)C)cc2)c1. The molecule has 2 aromatic carbocycles. The quantitative estimate of drug-likeness (QED) is 0.859. The molecule has 0 fully saturated rings. The second kappa shape index (κ2) is 7.80. The minimum Gasteiger partial charge on any atom is -0.322 e. The molecular weight excluding hydrogens is 336 g/mol. The predicted octanol–water partition coefficient (Wildman–Crippen LogP) is 3.39. The average molecular weight is 360 g/mol. The Bertz CT molecular complexity index is 841. The molecule has 2 aromatic rings. The Hall–Kier alpha value is -2.18. The third-order valence-corrected chi connectivity index (χ3v) is 5.55. The van der Waals surface area contributed by atoms with Gasteiger partial charge < -0.3 is 5.32 Å². The molecule has 0 unspecified atom stereocenters. The second-order valence-corrected chi connectivity index (χ2v) is 8.72. The van der Waals surface area contributed by atoms with E-state index in [0.717, 1.165) is 16.4 Å². The number of hydrogen-bond acceptors (Lipinski definition) is 3. The Kier molecular flexibility index (Phi) is 5.98. The first kappa shape index (κ1) is 19.1. The first-order chi connectivity index (χ1) is 11.7. The third kappa shape index (κ3) is 4.90. The van der Waals surface area contributed by atoms with Crippen molar-refractivity contribution in [3.8, 4) is 0 Å². The van der Waals surface area contributed by atoms with Gasteiger partial charge >= 0.3 is 0 Å². The number of carbonyl (C=O) groups excluding carboxylic acids is 1. The summed E-state index contributed by atoms with van der Waals surface area (Å²) in [4.78, 5) is 12.5. The van der Waals surface area contributed by atoms with E-state index < -0.39 is 10.0 Å². The summed E-state index contributed by atoms with van der Waals surface area (Å²) in [7, 11) is -0.549. The van der Waals surface area contributed by atoms with Gasteiger partial charge in [0.25, 0.3) is 5.91 Å². The zero-order chi connectivity index (χ0) is 18.6. The summed E-state index contributed by atoms with van der Waals surface area (Å²) in [6.45, 7) is 4.29. The Morgan fingerprint density at radius 2 is 1.72 bits per heavy atom. The number of hydrogen-bond donors (Lipinski definition) is 1. The van der Waals surface area contributed by atoms with Gasteiger partial charge in [0.05, 0.1) is 4.90 Å². The van der Waals surface area contributed by atoms with E-state index in [0.29, 0.717) is 11.5 Å². The van der Waals surface area contributed by atoms with Gasteiger partial charge in [-0.25, -0.2) is 12.7 Å². The van der Waals surface area contributed by atoms with Gasteiger partial charge in [0, 0.05) is 25.3 Å². The van der Waals surface area contributed by atoms with E-state index in [9.17, 15) is 13.2 Å². The van der Waals surface area contributed by atoms with Crippen molar-refractivity contribution in [3.05, 3.63) is 59.7 Å². The highest BCUT2D eigenvalue weighted by Crippen LogP contribution is 2.17. The molecule has 0 radical (unpaired) electrons. The summed E-state index contributed by atoms with van der Waals surface area (Å²) >= 11 is 0. The number of rotatable bonds is 6. The molecule has 0 heterocycles. The van der Waals surface area contributed by atoms with Gasteiger partial charge in [-0.2, -0.15) is 0 Å². The monoisotopic (exact) mass is 360 g/mol. The summed E-state index contributed by atoms with van der Waals surface area (Å²) in [6.07, 6.45) is 0.945. The normalized spacial score (nSPS) is 11.8. The maximum Gasteiger partial charge on any atom is 0.255 e. The maximum atomic E-state index is 12.4. The number of amides is 1. The Morgan fingerprint density at radius 3 is 2.28 bits per heavy atom. The molecule has 0 aliphatic rings. The largest absolute Gasteiger partial charge is 0.322 e. The minimum absolute atomic E-state index is 0.160. The van der Waals surface area contributed by atoms with Gasteiger partial charge in [-0.05, 0) is 54.3 Å². The molecular formula is C19H24N2O3S. The summed E-state index contributed by atoms with van der Waals surface area (Å²) in [5.74, 6) is 0.271. The van der Waals surface area contributed by atoms with Crippen molar-refractivity contribution >= 4 is 21.6 Å². The fourth-order valence-electron chi connectivity index (χ4n) is 2.44. The predicted molar refractivity (Wildman–Crippen MR) is 100 cm³/mol. The van der Waals surface area contributed by atoms with Crippen molar-refractivity contribution in [2.24, 2.45) is 5.92 Å². The van der Waals surface area contributed by atoms with Crippen LogP contribution in [0.4, 0.5) is 5.69 Å². The van der Waals surface area contributed by atoms with E-state index in [1.165, 1.54) is 43.9 Å². The average Bonchev–Trinajstić information content (AvgIpc) is 2.54. The van der Waals surface area contributed by atoms with Crippen LogP contribution in [0.25, 0.3) is 0 Å². The summed E-state index contributed by atoms with van der Waals surface area (Å²) in [5.41, 5.74) is 2.31. The Balaban J connectivity index is 2.14. The fourth-order valence-corrected chi connectivity index (χ4v) is 3.34. The molecule has 6 heteroatoms. The highest BCUT2D eigenvalue weighted by atomic mass is 32.2. The van der Waals surface area contributed by atoms with Crippen LogP contribution in [0.3, 0.4) is 0 Å². The number of carbonyl (C=O) groups is 1. The molecule has 134 valence electrons. The van der Waals surface area contributed by atoms with Gasteiger partial charge in [0.15, 0.2) is 0 Å². The van der Waals surface area contributed by atoms with Crippen LogP contribution in [0.15, 0.2) is 53.4 Å². The number of anilines is 1. The van der Waals surface area contributed by atoms with Crippen LogP contribution in [0.2, 0.25) is 0 Å². The molecule has 0 saturated carbocycles. The Labute approximate surface area is 149 Å². The Morgan fingerprint density at radius 1 is 1.08 bits per heavy atom. The van der Waals surface area contributed by atoms with Crippen LogP contribution in [-0.4, -0.2) is 32.7 Å². The summed E-state index contributed by atoms with van der Waals surface area (Å²) in [5, 5.41) is 2.85. The van der Waals surface area contributed by atoms with E-state index in [1.807, 2.05) is 24.3 Å². The van der Waals surface area contributed by atoms with E-state index >= 15 is 0 Å². The van der Waals surface area contributed by atoms with Crippen LogP contribution in [-0.2, 0) is 16.4 Å². The van der Waals surface area contributed by atoms with E-state index in [2.05, 4.69) is 19.2 Å². The molecule has 25 heavy (non-hydrogen) atoms. The van der Waals surface area contributed by atoms with Crippen molar-refractivity contribution < 1.29 is 13.2 Å². The lowest BCUT2D eigenvalue weighted by molar-refractivity contribution is 0.102. The van der Waals surface area contributed by atoms with Gasteiger partial charge in [0.2, 0.25) is 10.0 Å². The number of nitrogens with zero attached hydrogens (tertiary/aromatic N) is 1. The highest BCUT2D eigenvalue weighted by molar-refractivity contribution is 7.89. The summed E-state index contributed by atoms with van der Waals surface area (Å²) in [6, 6.07) is 13.7. The van der Waals surface area contributed by atoms with E-state index in [1.54, 1.807) is 0 Å². The topological polar surface area (TPSA) is 66.5 Å². The van der Waals surface area contributed by atoms with E-state index in [-0.39, 0.29) is 10.8 Å². The first-order valence-corrected chi connectivity index (χ1v) is 9.57. The zero-order valence-corrected chi connectivity index (χ0v) is 15.8. The van der Waals surface area contributed by atoms with E-state index in [4.69, 9.17) is 0 Å². The molecule has 0 atom stereocenters. The van der Waals surface area contributed by atoms with Crippen molar-refractivity contribution in [2.75, 3.05) is 19.4 Å². The highest BCUT2D eigenvalue weighted by Gasteiger charge is 2.17. The molecule has 1 amide bonds. The van der Waals surface area contributed by atoms with Crippen LogP contribution in [0.5, 0.6) is 0 Å². The number of nitrogens with one attached hydrogen (secondary N) is 1. The zero-order valence-electron chi connectivity index (χ0n) is 15.0. The first-order valence-electron chi connectivity index (χ1n) is 8.13. The smallest absolute Gasteiger partial charge is 0.255 e. The molecule has 0 saturated heterocycles. The maximum absolute atomic E-state index is 12.4. The molecule has 5 nitrogen and oxygen atoms in total. The van der Waals surface area contributed by atoms with Crippen molar-refractivity contribution in [3.63, 3.8) is 0 Å². The van der Waals surface area contributed by atoms with Crippen LogP contribution >= 0.6 is 0 Å². The molecule has 0 aromatic heterocycles. The standard InChI is InChI=1S/C19H24N2O3S/c1-14(2)12-15-6-5-7-17(13-15)20-19(22)16-8-10-18(11-9-16)25(23,24)21(3)4/h5-11,13-14H,12H2,1-4H3,(H,20,22). The molecule has 0 aliphatic carbocycles. The molecule has 0 spiro atoms. The second-order valence-electron chi connectivity index (χ2n) is 6.56. The van der Waals surface area contributed by atoms with Crippen molar-refractivity contribution in [1.82, 2.24) is 4.31 Å².